The van der Waals surface area contributed by atoms with E-state index in [-0.39, 0.29) is 23.3 Å². The number of sulfonamides is 1. The molecule has 0 saturated carbocycles. The lowest BCUT2D eigenvalue weighted by atomic mass is 10.3. The number of nitrogens with zero attached hydrogens (tertiary/aromatic N) is 3. The van der Waals surface area contributed by atoms with Crippen LogP contribution < -0.4 is 9.47 Å². The van der Waals surface area contributed by atoms with Gasteiger partial charge in [-0.25, -0.2) is 12.8 Å². The number of methoxy groups -OCH3 is 1. The van der Waals surface area contributed by atoms with Crippen LogP contribution in [0.2, 0.25) is 0 Å². The van der Waals surface area contributed by atoms with E-state index in [1.165, 1.54) is 29.7 Å². The zero-order chi connectivity index (χ0) is 17.2. The molecule has 7 nitrogen and oxygen atoms in total. The molecule has 2 heterocycles. The molecule has 0 bridgehead atoms. The van der Waals surface area contributed by atoms with Crippen molar-refractivity contribution in [3.8, 4) is 11.6 Å². The van der Waals surface area contributed by atoms with E-state index in [1.54, 1.807) is 12.1 Å². The predicted octanol–water partition coefficient (Wildman–Crippen LogP) is 1.47. The minimum atomic E-state index is -3.79. The van der Waals surface area contributed by atoms with Crippen LogP contribution in [0, 0.1) is 5.82 Å². The summed E-state index contributed by atoms with van der Waals surface area (Å²) in [6, 6.07) is 6.93. The van der Waals surface area contributed by atoms with Crippen molar-refractivity contribution in [2.24, 2.45) is 0 Å². The lowest BCUT2D eigenvalue weighted by Gasteiger charge is -2.17. The second-order valence-corrected chi connectivity index (χ2v) is 7.19. The number of halogens is 1. The number of benzene rings is 1. The van der Waals surface area contributed by atoms with Crippen molar-refractivity contribution in [2.45, 2.75) is 17.4 Å². The van der Waals surface area contributed by atoms with Crippen molar-refractivity contribution in [2.75, 3.05) is 20.2 Å². The van der Waals surface area contributed by atoms with Crippen molar-refractivity contribution in [3.05, 3.63) is 42.3 Å². The Bertz CT molecular complexity index is 817. The molecule has 128 valence electrons. The minimum Gasteiger partial charge on any atom is -0.494 e. The molecule has 1 aliphatic heterocycles. The summed E-state index contributed by atoms with van der Waals surface area (Å²) in [5.74, 6) is -0.374. The highest BCUT2D eigenvalue weighted by Gasteiger charge is 2.34. The zero-order valence-electron chi connectivity index (χ0n) is 12.9. The predicted molar refractivity (Wildman–Crippen MR) is 82.8 cm³/mol. The summed E-state index contributed by atoms with van der Waals surface area (Å²) < 4.78 is 50.7. The molecule has 0 radical (unpaired) electrons. The molecule has 0 aliphatic carbocycles. The van der Waals surface area contributed by atoms with Gasteiger partial charge in [-0.2, -0.15) is 9.40 Å². The summed E-state index contributed by atoms with van der Waals surface area (Å²) in [6.45, 7) is 0.466. The van der Waals surface area contributed by atoms with E-state index in [2.05, 4.69) is 10.2 Å². The molecular formula is C15H16FN3O4S. The molecular weight excluding hydrogens is 337 g/mol. The van der Waals surface area contributed by atoms with E-state index < -0.39 is 15.8 Å². The van der Waals surface area contributed by atoms with Gasteiger partial charge in [0.2, 0.25) is 15.9 Å². The van der Waals surface area contributed by atoms with Gasteiger partial charge in [0.25, 0.3) is 0 Å². The fraction of sp³-hybridized carbons (Fsp3) is 0.333. The Balaban J connectivity index is 1.73. The van der Waals surface area contributed by atoms with Crippen molar-refractivity contribution < 1.29 is 22.3 Å². The van der Waals surface area contributed by atoms with Crippen LogP contribution in [0.3, 0.4) is 0 Å². The van der Waals surface area contributed by atoms with Gasteiger partial charge in [-0.05, 0) is 30.7 Å². The van der Waals surface area contributed by atoms with Crippen LogP contribution in [0.15, 0.2) is 41.4 Å². The normalized spacial score (nSPS) is 18.5. The Hall–Kier alpha value is -2.26. The molecule has 1 aromatic carbocycles. The van der Waals surface area contributed by atoms with Gasteiger partial charge in [-0.3, -0.25) is 0 Å². The van der Waals surface area contributed by atoms with E-state index in [0.717, 1.165) is 6.07 Å². The van der Waals surface area contributed by atoms with Gasteiger partial charge in [0.05, 0.1) is 18.6 Å². The van der Waals surface area contributed by atoms with Crippen LogP contribution in [-0.2, 0) is 10.0 Å². The van der Waals surface area contributed by atoms with Crippen LogP contribution in [-0.4, -0.2) is 49.2 Å². The Morgan fingerprint density at radius 3 is 2.83 bits per heavy atom. The van der Waals surface area contributed by atoms with Crippen LogP contribution in [0.4, 0.5) is 4.39 Å². The molecule has 1 unspecified atom stereocenters. The standard InChI is InChI=1S/C15H16FN3O4S/c1-22-14-5-4-12(9-13(14)16)24(20,21)19-8-6-11(10-19)23-15-3-2-7-17-18-15/h2-5,7,9,11H,6,8,10H2,1H3. The number of hydrogen-bond acceptors (Lipinski definition) is 6. The summed E-state index contributed by atoms with van der Waals surface area (Å²) in [4.78, 5) is -0.110. The summed E-state index contributed by atoms with van der Waals surface area (Å²) in [5, 5.41) is 7.52. The molecule has 2 aromatic rings. The first-order chi connectivity index (χ1) is 11.5. The van der Waals surface area contributed by atoms with Gasteiger partial charge in [0.1, 0.15) is 6.10 Å². The van der Waals surface area contributed by atoms with Crippen LogP contribution in [0.25, 0.3) is 0 Å². The number of aromatic nitrogens is 2. The molecule has 1 aliphatic rings. The first kappa shape index (κ1) is 16.6. The average molecular weight is 353 g/mol. The second-order valence-electron chi connectivity index (χ2n) is 5.25. The van der Waals surface area contributed by atoms with Crippen molar-refractivity contribution in [3.63, 3.8) is 0 Å². The van der Waals surface area contributed by atoms with Crippen LogP contribution in [0.5, 0.6) is 11.6 Å². The largest absolute Gasteiger partial charge is 0.494 e. The third-order valence-corrected chi connectivity index (χ3v) is 5.57. The van der Waals surface area contributed by atoms with Crippen LogP contribution >= 0.6 is 0 Å². The Morgan fingerprint density at radius 1 is 1.33 bits per heavy atom. The molecule has 1 saturated heterocycles. The molecule has 0 N–H and O–H groups in total. The monoisotopic (exact) mass is 353 g/mol. The third-order valence-electron chi connectivity index (χ3n) is 3.70. The first-order valence-electron chi connectivity index (χ1n) is 7.29. The number of rotatable bonds is 5. The lowest BCUT2D eigenvalue weighted by Crippen LogP contribution is -2.31. The average Bonchev–Trinajstić information content (AvgIpc) is 3.05. The van der Waals surface area contributed by atoms with Gasteiger partial charge in [-0.15, -0.1) is 5.10 Å². The molecule has 24 heavy (non-hydrogen) atoms. The molecule has 1 aromatic heterocycles. The molecule has 0 amide bonds. The summed E-state index contributed by atoms with van der Waals surface area (Å²) in [6.07, 6.45) is 1.73. The first-order valence-corrected chi connectivity index (χ1v) is 8.73. The van der Waals surface area contributed by atoms with Gasteiger partial charge in [-0.1, -0.05) is 0 Å². The van der Waals surface area contributed by atoms with Gasteiger partial charge in [0.15, 0.2) is 11.6 Å². The maximum absolute atomic E-state index is 13.8. The maximum atomic E-state index is 13.8. The zero-order valence-corrected chi connectivity index (χ0v) is 13.7. The number of ether oxygens (including phenoxy) is 2. The van der Waals surface area contributed by atoms with E-state index in [1.807, 2.05) is 0 Å². The summed E-state index contributed by atoms with van der Waals surface area (Å²) in [7, 11) is -2.47. The molecule has 0 spiro atoms. The Labute approximate surface area is 139 Å². The highest BCUT2D eigenvalue weighted by molar-refractivity contribution is 7.89. The Morgan fingerprint density at radius 2 is 2.17 bits per heavy atom. The number of hydrogen-bond donors (Lipinski definition) is 0. The van der Waals surface area contributed by atoms with E-state index in [4.69, 9.17) is 9.47 Å². The van der Waals surface area contributed by atoms with Gasteiger partial charge >= 0.3 is 0 Å². The molecule has 1 fully saturated rings. The van der Waals surface area contributed by atoms with E-state index >= 15 is 0 Å². The van der Waals surface area contributed by atoms with Crippen molar-refractivity contribution in [1.29, 1.82) is 0 Å². The van der Waals surface area contributed by atoms with E-state index in [9.17, 15) is 12.8 Å². The fourth-order valence-electron chi connectivity index (χ4n) is 2.49. The smallest absolute Gasteiger partial charge is 0.243 e. The summed E-state index contributed by atoms with van der Waals surface area (Å²) >= 11 is 0. The molecule has 3 rings (SSSR count). The van der Waals surface area contributed by atoms with Crippen molar-refractivity contribution in [1.82, 2.24) is 14.5 Å². The van der Waals surface area contributed by atoms with Crippen molar-refractivity contribution >= 4 is 10.0 Å². The van der Waals surface area contributed by atoms with E-state index in [0.29, 0.717) is 18.8 Å². The SMILES string of the molecule is COc1ccc(S(=O)(=O)N2CCC(Oc3cccnn3)C2)cc1F. The quantitative estimate of drug-likeness (QED) is 0.810. The second kappa shape index (κ2) is 6.70. The Kier molecular flexibility index (Phi) is 4.63. The highest BCUT2D eigenvalue weighted by Crippen LogP contribution is 2.26. The minimum absolute atomic E-state index is 0.000709. The molecule has 1 atom stereocenters. The van der Waals surface area contributed by atoms with Gasteiger partial charge < -0.3 is 9.47 Å². The topological polar surface area (TPSA) is 81.6 Å². The van der Waals surface area contributed by atoms with Crippen LogP contribution in [0.1, 0.15) is 6.42 Å². The van der Waals surface area contributed by atoms with Gasteiger partial charge in [0, 0.05) is 18.8 Å². The fourth-order valence-corrected chi connectivity index (χ4v) is 3.99. The lowest BCUT2D eigenvalue weighted by molar-refractivity contribution is 0.204. The third kappa shape index (κ3) is 3.31. The highest BCUT2D eigenvalue weighted by atomic mass is 32.2. The maximum Gasteiger partial charge on any atom is 0.243 e. The molecule has 9 heteroatoms. The summed E-state index contributed by atoms with van der Waals surface area (Å²) in [5.41, 5.74) is 0.